The maximum Gasteiger partial charge on any atom is 0.274 e. The van der Waals surface area contributed by atoms with Crippen LogP contribution in [0.15, 0.2) is 36.7 Å². The Morgan fingerprint density at radius 1 is 1.17 bits per heavy atom. The summed E-state index contributed by atoms with van der Waals surface area (Å²) in [6, 6.07) is 6.56. The largest absolute Gasteiger partial charge is 0.365 e. The van der Waals surface area contributed by atoms with Crippen molar-refractivity contribution in [2.24, 2.45) is 0 Å². The van der Waals surface area contributed by atoms with Crippen molar-refractivity contribution in [3.05, 3.63) is 53.7 Å². The van der Waals surface area contributed by atoms with Gasteiger partial charge in [-0.05, 0) is 13.1 Å². The lowest BCUT2D eigenvalue weighted by molar-refractivity contribution is 0.0658. The topological polar surface area (TPSA) is 61.4 Å². The molecule has 0 unspecified atom stereocenters. The number of carbonyl (C=O) groups excluding carboxylic acids is 1. The second-order valence-corrected chi connectivity index (χ2v) is 5.83. The zero-order valence-corrected chi connectivity index (χ0v) is 13.6. The predicted octanol–water partition coefficient (Wildman–Crippen LogP) is 1.62. The smallest absolute Gasteiger partial charge is 0.274 e. The molecule has 1 N–H and O–H groups in total. The molecule has 7 heteroatoms. The Bertz CT molecular complexity index is 698. The van der Waals surface area contributed by atoms with Gasteiger partial charge in [-0.1, -0.05) is 18.2 Å². The van der Waals surface area contributed by atoms with Gasteiger partial charge in [-0.3, -0.25) is 4.79 Å². The van der Waals surface area contributed by atoms with E-state index in [1.165, 1.54) is 18.5 Å². The number of hydrogen-bond donors (Lipinski definition) is 1. The van der Waals surface area contributed by atoms with E-state index in [0.717, 1.165) is 13.1 Å². The van der Waals surface area contributed by atoms with Crippen LogP contribution in [0.25, 0.3) is 0 Å². The summed E-state index contributed by atoms with van der Waals surface area (Å²) in [6.45, 7) is 3.44. The number of rotatable bonds is 4. The van der Waals surface area contributed by atoms with Crippen molar-refractivity contribution in [3.8, 4) is 0 Å². The van der Waals surface area contributed by atoms with Crippen molar-refractivity contribution in [1.82, 2.24) is 19.8 Å². The van der Waals surface area contributed by atoms with Gasteiger partial charge >= 0.3 is 0 Å². The van der Waals surface area contributed by atoms with Gasteiger partial charge in [-0.15, -0.1) is 0 Å². The van der Waals surface area contributed by atoms with Gasteiger partial charge in [0, 0.05) is 38.3 Å². The summed E-state index contributed by atoms with van der Waals surface area (Å²) < 4.78 is 13.6. The number of likely N-dealkylation sites (N-methyl/N-ethyl adjacent to an activating group) is 1. The standard InChI is InChI=1S/C17H20FN5O/c1-22-6-8-23(9-7-22)17(24)15-11-21-16(12-19-15)20-10-13-4-2-3-5-14(13)18/h2-5,11-12H,6-10H2,1H3,(H,20,21). The monoisotopic (exact) mass is 329 g/mol. The summed E-state index contributed by atoms with van der Waals surface area (Å²) in [4.78, 5) is 24.7. The number of amides is 1. The number of hydrogen-bond acceptors (Lipinski definition) is 5. The summed E-state index contributed by atoms with van der Waals surface area (Å²) in [7, 11) is 2.04. The molecule has 0 bridgehead atoms. The van der Waals surface area contributed by atoms with E-state index >= 15 is 0 Å². The molecule has 2 heterocycles. The minimum absolute atomic E-state index is 0.101. The van der Waals surface area contributed by atoms with E-state index in [1.807, 2.05) is 7.05 Å². The van der Waals surface area contributed by atoms with E-state index in [0.29, 0.717) is 36.7 Å². The fourth-order valence-electron chi connectivity index (χ4n) is 2.53. The summed E-state index contributed by atoms with van der Waals surface area (Å²) in [5.41, 5.74) is 0.882. The molecule has 1 saturated heterocycles. The number of nitrogens with zero attached hydrogens (tertiary/aromatic N) is 4. The van der Waals surface area contributed by atoms with Crippen molar-refractivity contribution in [2.45, 2.75) is 6.54 Å². The minimum atomic E-state index is -0.264. The van der Waals surface area contributed by atoms with E-state index in [1.54, 1.807) is 23.1 Å². The average Bonchev–Trinajstić information content (AvgIpc) is 2.62. The van der Waals surface area contributed by atoms with Gasteiger partial charge in [-0.2, -0.15) is 0 Å². The Labute approximate surface area is 140 Å². The molecular weight excluding hydrogens is 309 g/mol. The van der Waals surface area contributed by atoms with Gasteiger partial charge in [0.05, 0.1) is 12.4 Å². The Balaban J connectivity index is 1.59. The highest BCUT2D eigenvalue weighted by Gasteiger charge is 2.21. The van der Waals surface area contributed by atoms with Crippen molar-refractivity contribution < 1.29 is 9.18 Å². The molecule has 0 spiro atoms. The van der Waals surface area contributed by atoms with Crippen LogP contribution in [0, 0.1) is 5.82 Å². The van der Waals surface area contributed by atoms with Crippen molar-refractivity contribution in [3.63, 3.8) is 0 Å². The maximum absolute atomic E-state index is 13.6. The van der Waals surface area contributed by atoms with Crippen LogP contribution in [0.4, 0.5) is 10.2 Å². The molecular formula is C17H20FN5O. The molecule has 1 aliphatic rings. The summed E-state index contributed by atoms with van der Waals surface area (Å²) in [5.74, 6) is 0.143. The molecule has 1 fully saturated rings. The average molecular weight is 329 g/mol. The highest BCUT2D eigenvalue weighted by Crippen LogP contribution is 2.10. The molecule has 0 atom stereocenters. The second-order valence-electron chi connectivity index (χ2n) is 5.83. The molecule has 1 aliphatic heterocycles. The van der Waals surface area contributed by atoms with E-state index in [4.69, 9.17) is 0 Å². The van der Waals surface area contributed by atoms with Gasteiger partial charge < -0.3 is 15.1 Å². The Morgan fingerprint density at radius 2 is 1.92 bits per heavy atom. The second kappa shape index (κ2) is 7.35. The minimum Gasteiger partial charge on any atom is -0.365 e. The van der Waals surface area contributed by atoms with Gasteiger partial charge in [0.1, 0.15) is 17.3 Å². The number of nitrogens with one attached hydrogen (secondary N) is 1. The first-order valence-corrected chi connectivity index (χ1v) is 7.90. The third-order valence-electron chi connectivity index (χ3n) is 4.08. The van der Waals surface area contributed by atoms with Gasteiger partial charge in [0.25, 0.3) is 5.91 Å². The fourth-order valence-corrected chi connectivity index (χ4v) is 2.53. The first-order valence-electron chi connectivity index (χ1n) is 7.90. The van der Waals surface area contributed by atoms with Crippen LogP contribution in [0.1, 0.15) is 16.1 Å². The number of halogens is 1. The number of piperazine rings is 1. The first kappa shape index (κ1) is 16.3. The van der Waals surface area contributed by atoms with Crippen LogP contribution < -0.4 is 5.32 Å². The van der Waals surface area contributed by atoms with Gasteiger partial charge in [0.15, 0.2) is 0 Å². The van der Waals surface area contributed by atoms with Crippen molar-refractivity contribution in [1.29, 1.82) is 0 Å². The Morgan fingerprint density at radius 3 is 2.58 bits per heavy atom. The fraction of sp³-hybridized carbons (Fsp3) is 0.353. The van der Waals surface area contributed by atoms with Crippen LogP contribution in [-0.4, -0.2) is 58.9 Å². The summed E-state index contributed by atoms with van der Waals surface area (Å²) in [6.07, 6.45) is 2.97. The van der Waals surface area contributed by atoms with Crippen LogP contribution >= 0.6 is 0 Å². The molecule has 3 rings (SSSR count). The SMILES string of the molecule is CN1CCN(C(=O)c2cnc(NCc3ccccc3F)cn2)CC1. The van der Waals surface area contributed by atoms with Crippen LogP contribution in [-0.2, 0) is 6.54 Å². The molecule has 0 saturated carbocycles. The van der Waals surface area contributed by atoms with Gasteiger partial charge in [0.2, 0.25) is 0 Å². The molecule has 24 heavy (non-hydrogen) atoms. The van der Waals surface area contributed by atoms with E-state index in [-0.39, 0.29) is 11.7 Å². The van der Waals surface area contributed by atoms with Crippen LogP contribution in [0.2, 0.25) is 0 Å². The molecule has 1 aromatic carbocycles. The predicted molar refractivity (Wildman–Crippen MR) is 89.2 cm³/mol. The lowest BCUT2D eigenvalue weighted by Gasteiger charge is -2.32. The highest BCUT2D eigenvalue weighted by atomic mass is 19.1. The number of benzene rings is 1. The quantitative estimate of drug-likeness (QED) is 0.923. The first-order chi connectivity index (χ1) is 11.6. The highest BCUT2D eigenvalue weighted by molar-refractivity contribution is 5.92. The van der Waals surface area contributed by atoms with E-state index < -0.39 is 0 Å². The van der Waals surface area contributed by atoms with E-state index in [9.17, 15) is 9.18 Å². The van der Waals surface area contributed by atoms with Crippen LogP contribution in [0.3, 0.4) is 0 Å². The number of carbonyl (C=O) groups is 1. The molecule has 0 aliphatic carbocycles. The summed E-state index contributed by atoms with van der Waals surface area (Å²) >= 11 is 0. The normalized spacial score (nSPS) is 15.3. The lowest BCUT2D eigenvalue weighted by atomic mass is 10.2. The van der Waals surface area contributed by atoms with Gasteiger partial charge in [-0.25, -0.2) is 14.4 Å². The maximum atomic E-state index is 13.6. The summed E-state index contributed by atoms with van der Waals surface area (Å²) in [5, 5.41) is 3.01. The molecule has 1 amide bonds. The molecule has 126 valence electrons. The number of anilines is 1. The van der Waals surface area contributed by atoms with E-state index in [2.05, 4.69) is 20.2 Å². The zero-order valence-electron chi connectivity index (χ0n) is 13.6. The molecule has 2 aromatic rings. The Hall–Kier alpha value is -2.54. The Kier molecular flexibility index (Phi) is 5.00. The zero-order chi connectivity index (χ0) is 16.9. The molecule has 6 nitrogen and oxygen atoms in total. The third kappa shape index (κ3) is 3.86. The third-order valence-corrected chi connectivity index (χ3v) is 4.08. The molecule has 1 aromatic heterocycles. The van der Waals surface area contributed by atoms with Crippen molar-refractivity contribution in [2.75, 3.05) is 38.5 Å². The van der Waals surface area contributed by atoms with Crippen LogP contribution in [0.5, 0.6) is 0 Å². The van der Waals surface area contributed by atoms with Crippen molar-refractivity contribution >= 4 is 11.7 Å². The number of aromatic nitrogens is 2. The lowest BCUT2D eigenvalue weighted by Crippen LogP contribution is -2.47. The molecule has 0 radical (unpaired) electrons.